The van der Waals surface area contributed by atoms with E-state index in [4.69, 9.17) is 5.73 Å². The summed E-state index contributed by atoms with van der Waals surface area (Å²) in [6.07, 6.45) is 8.55. The van der Waals surface area contributed by atoms with Gasteiger partial charge in [0.25, 0.3) is 5.91 Å². The summed E-state index contributed by atoms with van der Waals surface area (Å²) in [4.78, 5) is 25.9. The molecule has 0 bridgehead atoms. The van der Waals surface area contributed by atoms with Crippen LogP contribution in [0.1, 0.15) is 55.0 Å². The van der Waals surface area contributed by atoms with Gasteiger partial charge in [-0.1, -0.05) is 36.4 Å². The number of aromatic nitrogens is 1. The first-order valence-corrected chi connectivity index (χ1v) is 12.8. The standard InChI is InChI=1S/C29H36N4O3/c1-3-31-20-23(24-7-5-6-8-26(24)31)15-17-32(18-16-28(30)34)27-13-11-22-19-21(9-12-25(22)27)10-14-29(35)33(36)4-2/h5-10,12,14,19-20,27,36H,3-4,11,13,15-18H2,1-2H3,(H2,30,34)/b14-10+. The summed E-state index contributed by atoms with van der Waals surface area (Å²) in [5, 5.41) is 11.5. The Hall–Kier alpha value is -3.42. The van der Waals surface area contributed by atoms with Gasteiger partial charge in [-0.3, -0.25) is 19.7 Å². The van der Waals surface area contributed by atoms with Crippen molar-refractivity contribution in [2.24, 2.45) is 5.73 Å². The number of benzene rings is 2. The molecule has 0 fully saturated rings. The number of likely N-dealkylation sites (N-methyl/N-ethyl adjacent to an activating group) is 1. The quantitative estimate of drug-likeness (QED) is 0.239. The van der Waals surface area contributed by atoms with E-state index in [9.17, 15) is 14.8 Å². The first-order valence-electron chi connectivity index (χ1n) is 12.8. The van der Waals surface area contributed by atoms with Crippen molar-refractivity contribution < 1.29 is 14.8 Å². The lowest BCUT2D eigenvalue weighted by atomic mass is 10.0. The van der Waals surface area contributed by atoms with Crippen molar-refractivity contribution >= 4 is 28.8 Å². The number of hydrogen-bond donors (Lipinski definition) is 2. The number of hydrogen-bond acceptors (Lipinski definition) is 4. The highest BCUT2D eigenvalue weighted by molar-refractivity contribution is 5.91. The zero-order chi connectivity index (χ0) is 25.7. The summed E-state index contributed by atoms with van der Waals surface area (Å²) >= 11 is 0. The van der Waals surface area contributed by atoms with Crippen LogP contribution in [0.4, 0.5) is 0 Å². The van der Waals surface area contributed by atoms with Crippen molar-refractivity contribution in [3.05, 3.63) is 77.0 Å². The summed E-state index contributed by atoms with van der Waals surface area (Å²) < 4.78 is 2.29. The fourth-order valence-electron chi connectivity index (χ4n) is 5.23. The van der Waals surface area contributed by atoms with Crippen molar-refractivity contribution in [1.29, 1.82) is 0 Å². The van der Waals surface area contributed by atoms with E-state index in [1.165, 1.54) is 33.7 Å². The second-order valence-electron chi connectivity index (χ2n) is 9.36. The van der Waals surface area contributed by atoms with E-state index in [0.717, 1.165) is 37.9 Å². The van der Waals surface area contributed by atoms with Gasteiger partial charge >= 0.3 is 0 Å². The second-order valence-corrected chi connectivity index (χ2v) is 9.36. The van der Waals surface area contributed by atoms with Crippen molar-refractivity contribution in [1.82, 2.24) is 14.5 Å². The number of carbonyl (C=O) groups excluding carboxylic acids is 2. The molecule has 1 aromatic heterocycles. The van der Waals surface area contributed by atoms with Gasteiger partial charge < -0.3 is 10.3 Å². The SMILES string of the molecule is CCN(O)C(=O)/C=C/c1ccc2c(c1)CCC2N(CCC(N)=O)CCc1cn(CC)c2ccccc12. The maximum atomic E-state index is 11.9. The third-order valence-electron chi connectivity index (χ3n) is 7.15. The average molecular weight is 489 g/mol. The molecule has 2 amide bonds. The third kappa shape index (κ3) is 5.69. The summed E-state index contributed by atoms with van der Waals surface area (Å²) in [6, 6.07) is 15.0. The molecule has 1 atom stereocenters. The number of carbonyl (C=O) groups is 2. The third-order valence-corrected chi connectivity index (χ3v) is 7.15. The number of rotatable bonds is 11. The van der Waals surface area contributed by atoms with Gasteiger partial charge in [-0.05, 0) is 67.5 Å². The largest absolute Gasteiger partial charge is 0.370 e. The maximum absolute atomic E-state index is 11.9. The molecule has 4 rings (SSSR count). The first kappa shape index (κ1) is 25.7. The van der Waals surface area contributed by atoms with Gasteiger partial charge in [-0.25, -0.2) is 5.06 Å². The Morgan fingerprint density at radius 2 is 1.97 bits per heavy atom. The molecule has 7 nitrogen and oxygen atoms in total. The lowest BCUT2D eigenvalue weighted by Crippen LogP contribution is -2.33. The second kappa shape index (κ2) is 11.5. The van der Waals surface area contributed by atoms with Crippen LogP contribution in [0, 0.1) is 0 Å². The van der Waals surface area contributed by atoms with Crippen LogP contribution in [0.2, 0.25) is 0 Å². The maximum Gasteiger partial charge on any atom is 0.269 e. The number of para-hydroxylation sites is 1. The van der Waals surface area contributed by atoms with Gasteiger partial charge in [0.15, 0.2) is 0 Å². The van der Waals surface area contributed by atoms with Crippen LogP contribution in [-0.2, 0) is 29.0 Å². The van der Waals surface area contributed by atoms with Gasteiger partial charge in [0.1, 0.15) is 0 Å². The summed E-state index contributed by atoms with van der Waals surface area (Å²) in [6.45, 7) is 6.52. The fourth-order valence-corrected chi connectivity index (χ4v) is 5.23. The van der Waals surface area contributed by atoms with Crippen molar-refractivity contribution in [2.45, 2.75) is 52.1 Å². The minimum atomic E-state index is -0.432. The molecular weight excluding hydrogens is 452 g/mol. The molecule has 0 spiro atoms. The van der Waals surface area contributed by atoms with Crippen LogP contribution in [-0.4, -0.2) is 51.2 Å². The molecule has 2 aromatic carbocycles. The molecule has 190 valence electrons. The van der Waals surface area contributed by atoms with Crippen LogP contribution < -0.4 is 5.73 Å². The predicted octanol–water partition coefficient (Wildman–Crippen LogP) is 4.32. The number of hydroxylamine groups is 2. The molecule has 1 unspecified atom stereocenters. The fraction of sp³-hybridized carbons (Fsp3) is 0.379. The number of nitrogens with zero attached hydrogens (tertiary/aromatic N) is 3. The van der Waals surface area contributed by atoms with Crippen molar-refractivity contribution in [3.8, 4) is 0 Å². The van der Waals surface area contributed by atoms with Crippen molar-refractivity contribution in [2.75, 3.05) is 19.6 Å². The lowest BCUT2D eigenvalue weighted by Gasteiger charge is -2.29. The van der Waals surface area contributed by atoms with E-state index in [1.807, 2.05) is 6.07 Å². The number of primary amides is 1. The summed E-state index contributed by atoms with van der Waals surface area (Å²) in [5.41, 5.74) is 11.6. The number of nitrogens with two attached hydrogens (primary N) is 1. The smallest absolute Gasteiger partial charge is 0.269 e. The van der Waals surface area contributed by atoms with Crippen LogP contribution in [0.25, 0.3) is 17.0 Å². The van der Waals surface area contributed by atoms with E-state index in [1.54, 1.807) is 13.0 Å². The van der Waals surface area contributed by atoms with E-state index < -0.39 is 5.91 Å². The van der Waals surface area contributed by atoms with Crippen LogP contribution in [0.5, 0.6) is 0 Å². The molecule has 36 heavy (non-hydrogen) atoms. The molecule has 0 aliphatic heterocycles. The van der Waals surface area contributed by atoms with Gasteiger partial charge in [0.2, 0.25) is 5.91 Å². The van der Waals surface area contributed by atoms with Crippen molar-refractivity contribution in [3.63, 3.8) is 0 Å². The van der Waals surface area contributed by atoms with E-state index in [2.05, 4.69) is 59.0 Å². The topological polar surface area (TPSA) is 91.8 Å². The molecule has 0 radical (unpaired) electrons. The molecule has 1 aliphatic carbocycles. The van der Waals surface area contributed by atoms with Gasteiger partial charge in [0.05, 0.1) is 0 Å². The predicted molar refractivity (Wildman–Crippen MR) is 142 cm³/mol. The minimum absolute atomic E-state index is 0.228. The Labute approximate surface area is 212 Å². The Morgan fingerprint density at radius 3 is 2.72 bits per heavy atom. The first-order chi connectivity index (χ1) is 17.4. The highest BCUT2D eigenvalue weighted by atomic mass is 16.5. The van der Waals surface area contributed by atoms with E-state index in [0.29, 0.717) is 18.0 Å². The number of amides is 2. The Bertz CT molecular complexity index is 1260. The van der Waals surface area contributed by atoms with Crippen LogP contribution in [0.15, 0.2) is 54.7 Å². The lowest BCUT2D eigenvalue weighted by molar-refractivity contribution is -0.158. The van der Waals surface area contributed by atoms with Gasteiger partial charge in [-0.15, -0.1) is 0 Å². The highest BCUT2D eigenvalue weighted by Gasteiger charge is 2.28. The molecule has 1 aliphatic rings. The molecule has 0 saturated carbocycles. The van der Waals surface area contributed by atoms with Crippen LogP contribution >= 0.6 is 0 Å². The summed E-state index contributed by atoms with van der Waals surface area (Å²) in [5.74, 6) is -0.714. The van der Waals surface area contributed by atoms with Crippen LogP contribution in [0.3, 0.4) is 0 Å². The normalized spacial score (nSPS) is 15.2. The minimum Gasteiger partial charge on any atom is -0.370 e. The Balaban J connectivity index is 1.52. The van der Waals surface area contributed by atoms with Gasteiger partial charge in [-0.2, -0.15) is 0 Å². The molecule has 3 aromatic rings. The molecule has 1 heterocycles. The molecule has 7 heteroatoms. The Morgan fingerprint density at radius 1 is 1.17 bits per heavy atom. The number of fused-ring (bicyclic) bond motifs is 2. The van der Waals surface area contributed by atoms with E-state index in [-0.39, 0.29) is 18.5 Å². The number of aryl methyl sites for hydroxylation is 2. The molecule has 3 N–H and O–H groups in total. The van der Waals surface area contributed by atoms with Gasteiger partial charge in [0, 0.05) is 61.8 Å². The van der Waals surface area contributed by atoms with E-state index >= 15 is 0 Å². The molecular formula is C29H36N4O3. The zero-order valence-electron chi connectivity index (χ0n) is 21.2. The summed E-state index contributed by atoms with van der Waals surface area (Å²) in [7, 11) is 0. The Kier molecular flexibility index (Phi) is 8.23. The highest BCUT2D eigenvalue weighted by Crippen LogP contribution is 2.37. The average Bonchev–Trinajstić information content (AvgIpc) is 3.47. The zero-order valence-corrected chi connectivity index (χ0v) is 21.2. The monoisotopic (exact) mass is 488 g/mol. The molecule has 0 saturated heterocycles.